The van der Waals surface area contributed by atoms with E-state index in [0.29, 0.717) is 28.5 Å². The highest BCUT2D eigenvalue weighted by Gasteiger charge is 2.47. The lowest BCUT2D eigenvalue weighted by molar-refractivity contribution is -0.132. The van der Waals surface area contributed by atoms with Crippen LogP contribution in [0, 0.1) is 13.8 Å². The molecule has 0 aliphatic carbocycles. The second-order valence-corrected chi connectivity index (χ2v) is 8.33. The van der Waals surface area contributed by atoms with Gasteiger partial charge in [-0.3, -0.25) is 14.5 Å². The molecule has 0 radical (unpaired) electrons. The summed E-state index contributed by atoms with van der Waals surface area (Å²) in [5.41, 5.74) is 3.19. The fourth-order valence-electron chi connectivity index (χ4n) is 4.53. The number of benzene rings is 3. The monoisotopic (exact) mass is 473 g/mol. The number of rotatable bonds is 6. The molecule has 1 aliphatic heterocycles. The minimum Gasteiger partial charge on any atom is -0.506 e. The van der Waals surface area contributed by atoms with E-state index in [4.69, 9.17) is 14.2 Å². The average molecular weight is 474 g/mol. The maximum absolute atomic E-state index is 13.5. The summed E-state index contributed by atoms with van der Waals surface area (Å²) in [7, 11) is 4.46. The number of aryl methyl sites for hydroxylation is 2. The van der Waals surface area contributed by atoms with Crippen LogP contribution in [0.3, 0.4) is 0 Å². The number of methoxy groups -OCH3 is 3. The van der Waals surface area contributed by atoms with E-state index >= 15 is 0 Å². The van der Waals surface area contributed by atoms with E-state index in [2.05, 4.69) is 0 Å². The van der Waals surface area contributed by atoms with Crippen LogP contribution in [0.5, 0.6) is 17.2 Å². The van der Waals surface area contributed by atoms with Crippen molar-refractivity contribution in [2.75, 3.05) is 26.2 Å². The van der Waals surface area contributed by atoms with Gasteiger partial charge >= 0.3 is 0 Å². The summed E-state index contributed by atoms with van der Waals surface area (Å²) < 4.78 is 16.3. The van der Waals surface area contributed by atoms with E-state index in [1.54, 1.807) is 49.6 Å². The summed E-state index contributed by atoms with van der Waals surface area (Å²) >= 11 is 0. The minimum absolute atomic E-state index is 0.0646. The first-order valence-electron chi connectivity index (χ1n) is 11.0. The van der Waals surface area contributed by atoms with Crippen LogP contribution in [0.4, 0.5) is 5.69 Å². The van der Waals surface area contributed by atoms with E-state index in [1.807, 2.05) is 32.0 Å². The summed E-state index contributed by atoms with van der Waals surface area (Å²) in [6.07, 6.45) is 0. The molecule has 0 bridgehead atoms. The molecule has 1 heterocycles. The Morgan fingerprint density at radius 3 is 2.00 bits per heavy atom. The number of ketones is 1. The Labute approximate surface area is 204 Å². The number of hydrogen-bond acceptors (Lipinski definition) is 6. The van der Waals surface area contributed by atoms with Gasteiger partial charge in [0.2, 0.25) is 0 Å². The Bertz CT molecular complexity index is 1300. The Balaban J connectivity index is 2.04. The topological polar surface area (TPSA) is 85.3 Å². The van der Waals surface area contributed by atoms with Crippen molar-refractivity contribution in [3.05, 3.63) is 88.5 Å². The molecule has 0 saturated carbocycles. The van der Waals surface area contributed by atoms with Crippen LogP contribution in [0.15, 0.2) is 66.2 Å². The summed E-state index contributed by atoms with van der Waals surface area (Å²) in [5, 5.41) is 11.6. The number of hydrogen-bond donors (Lipinski definition) is 1. The van der Waals surface area contributed by atoms with Crippen LogP contribution in [0.2, 0.25) is 0 Å². The minimum atomic E-state index is -0.902. The zero-order valence-corrected chi connectivity index (χ0v) is 20.3. The molecule has 1 N–H and O–H groups in total. The highest BCUT2D eigenvalue weighted by molar-refractivity contribution is 6.51. The van der Waals surface area contributed by atoms with Crippen molar-refractivity contribution in [2.45, 2.75) is 19.9 Å². The normalized spacial score (nSPS) is 16.9. The summed E-state index contributed by atoms with van der Waals surface area (Å²) in [4.78, 5) is 28.4. The van der Waals surface area contributed by atoms with Crippen LogP contribution in [0.25, 0.3) is 5.76 Å². The third-order valence-corrected chi connectivity index (χ3v) is 6.00. The van der Waals surface area contributed by atoms with Gasteiger partial charge in [0.15, 0.2) is 0 Å². The zero-order valence-electron chi connectivity index (χ0n) is 20.3. The molecule has 3 aromatic carbocycles. The van der Waals surface area contributed by atoms with Gasteiger partial charge in [-0.05, 0) is 66.9 Å². The highest BCUT2D eigenvalue weighted by atomic mass is 16.5. The molecule has 0 aromatic heterocycles. The predicted molar refractivity (Wildman–Crippen MR) is 133 cm³/mol. The van der Waals surface area contributed by atoms with E-state index in [0.717, 1.165) is 11.1 Å². The second kappa shape index (κ2) is 9.54. The molecule has 1 amide bonds. The van der Waals surface area contributed by atoms with Crippen molar-refractivity contribution in [1.82, 2.24) is 0 Å². The number of Topliss-reactive ketones (excluding diaryl/α,β-unsaturated/α-hetero) is 1. The first-order chi connectivity index (χ1) is 16.8. The van der Waals surface area contributed by atoms with Crippen LogP contribution < -0.4 is 19.1 Å². The molecule has 7 nitrogen and oxygen atoms in total. The lowest BCUT2D eigenvalue weighted by Crippen LogP contribution is -2.29. The SMILES string of the molecule is COc1cccc(C2/C(=C(\O)c3c(OC)cccc3OC)C(=O)C(=O)N2c2cc(C)cc(C)c2)c1. The summed E-state index contributed by atoms with van der Waals surface area (Å²) in [6.45, 7) is 3.85. The number of anilines is 1. The molecule has 180 valence electrons. The van der Waals surface area contributed by atoms with Crippen molar-refractivity contribution < 1.29 is 28.9 Å². The fraction of sp³-hybridized carbons (Fsp3) is 0.214. The van der Waals surface area contributed by atoms with Gasteiger partial charge in [-0.2, -0.15) is 0 Å². The van der Waals surface area contributed by atoms with Gasteiger partial charge in [-0.25, -0.2) is 0 Å². The third-order valence-electron chi connectivity index (χ3n) is 6.00. The Hall–Kier alpha value is -4.26. The van der Waals surface area contributed by atoms with Crippen molar-refractivity contribution >= 4 is 23.1 Å². The molecule has 1 fully saturated rings. The molecule has 4 rings (SSSR count). The van der Waals surface area contributed by atoms with Gasteiger partial charge in [0.1, 0.15) is 28.6 Å². The van der Waals surface area contributed by atoms with Gasteiger partial charge in [0.05, 0.1) is 32.9 Å². The Morgan fingerprint density at radius 2 is 1.43 bits per heavy atom. The van der Waals surface area contributed by atoms with Crippen molar-refractivity contribution in [3.8, 4) is 17.2 Å². The van der Waals surface area contributed by atoms with Crippen molar-refractivity contribution in [3.63, 3.8) is 0 Å². The fourth-order valence-corrected chi connectivity index (χ4v) is 4.53. The predicted octanol–water partition coefficient (Wildman–Crippen LogP) is 4.96. The van der Waals surface area contributed by atoms with Gasteiger partial charge in [0.25, 0.3) is 11.7 Å². The molecule has 1 aliphatic rings. The number of amides is 1. The van der Waals surface area contributed by atoms with E-state index in [1.165, 1.54) is 19.1 Å². The van der Waals surface area contributed by atoms with Crippen LogP contribution in [-0.2, 0) is 9.59 Å². The van der Waals surface area contributed by atoms with Gasteiger partial charge < -0.3 is 19.3 Å². The lowest BCUT2D eigenvalue weighted by atomic mass is 9.94. The number of aliphatic hydroxyl groups is 1. The quantitative estimate of drug-likeness (QED) is 0.310. The molecule has 7 heteroatoms. The lowest BCUT2D eigenvalue weighted by Gasteiger charge is -2.26. The van der Waals surface area contributed by atoms with Gasteiger partial charge in [0, 0.05) is 5.69 Å². The second-order valence-electron chi connectivity index (χ2n) is 8.33. The number of ether oxygens (including phenoxy) is 3. The number of carbonyl (C=O) groups is 2. The standard InChI is InChI=1S/C28H27NO6/c1-16-12-17(2)14-19(13-16)29-25(18-8-6-9-20(15-18)33-3)24(27(31)28(29)32)26(30)23-21(34-4)10-7-11-22(23)35-5/h6-15,25,30H,1-5H3/b26-24+. The molecule has 1 atom stereocenters. The summed E-state index contributed by atoms with van der Waals surface area (Å²) in [5.74, 6) is -0.742. The Kier molecular flexibility index (Phi) is 6.51. The zero-order chi connectivity index (χ0) is 25.3. The van der Waals surface area contributed by atoms with E-state index < -0.39 is 17.7 Å². The average Bonchev–Trinajstić information content (AvgIpc) is 3.12. The first kappa shape index (κ1) is 23.9. The van der Waals surface area contributed by atoms with Gasteiger partial charge in [-0.15, -0.1) is 0 Å². The highest BCUT2D eigenvalue weighted by Crippen LogP contribution is 2.45. The Morgan fingerprint density at radius 1 is 0.829 bits per heavy atom. The molecule has 35 heavy (non-hydrogen) atoms. The number of nitrogens with zero attached hydrogens (tertiary/aromatic N) is 1. The molecule has 1 saturated heterocycles. The van der Waals surface area contributed by atoms with Crippen molar-refractivity contribution in [2.24, 2.45) is 0 Å². The third kappa shape index (κ3) is 4.21. The maximum atomic E-state index is 13.5. The van der Waals surface area contributed by atoms with E-state index in [9.17, 15) is 14.7 Å². The van der Waals surface area contributed by atoms with Crippen LogP contribution >= 0.6 is 0 Å². The molecule has 3 aromatic rings. The van der Waals surface area contributed by atoms with E-state index in [-0.39, 0.29) is 16.9 Å². The van der Waals surface area contributed by atoms with Crippen molar-refractivity contribution in [1.29, 1.82) is 0 Å². The van der Waals surface area contributed by atoms with Gasteiger partial charge in [-0.1, -0.05) is 24.3 Å². The summed E-state index contributed by atoms with van der Waals surface area (Å²) in [6, 6.07) is 16.9. The number of aliphatic hydroxyl groups excluding tert-OH is 1. The van der Waals surface area contributed by atoms with Crippen LogP contribution in [0.1, 0.15) is 28.3 Å². The van der Waals surface area contributed by atoms with Crippen LogP contribution in [-0.4, -0.2) is 38.1 Å². The molecule has 1 unspecified atom stereocenters. The smallest absolute Gasteiger partial charge is 0.300 e. The molecular formula is C28H27NO6. The largest absolute Gasteiger partial charge is 0.506 e. The number of carbonyl (C=O) groups excluding carboxylic acids is 2. The maximum Gasteiger partial charge on any atom is 0.300 e. The molecular weight excluding hydrogens is 446 g/mol. The first-order valence-corrected chi connectivity index (χ1v) is 11.0. The molecule has 0 spiro atoms.